The van der Waals surface area contributed by atoms with Crippen molar-refractivity contribution in [3.63, 3.8) is 0 Å². The van der Waals surface area contributed by atoms with Gasteiger partial charge in [0, 0.05) is 16.6 Å². The molecule has 0 saturated heterocycles. The number of carboxylic acids is 1. The van der Waals surface area contributed by atoms with Crippen LogP contribution in [0.25, 0.3) is 0 Å². The Balaban J connectivity index is 2.46. The van der Waals surface area contributed by atoms with Gasteiger partial charge in [0.15, 0.2) is 0 Å². The van der Waals surface area contributed by atoms with Crippen molar-refractivity contribution >= 4 is 22.7 Å². The number of carbonyl (C=O) groups is 2. The van der Waals surface area contributed by atoms with E-state index in [1.54, 1.807) is 12.1 Å². The Bertz CT molecular complexity index is 493. The third kappa shape index (κ3) is 5.97. The summed E-state index contributed by atoms with van der Waals surface area (Å²) >= 11 is 0. The SMILES string of the molecule is CC(C)COC(=O)CS(=O)Cc1ccc(C(=O)O)cc1. The van der Waals surface area contributed by atoms with Gasteiger partial charge in [0.05, 0.1) is 12.2 Å². The molecule has 0 spiro atoms. The molecule has 1 atom stereocenters. The van der Waals surface area contributed by atoms with Crippen LogP contribution in [0.3, 0.4) is 0 Å². The number of benzene rings is 1. The Morgan fingerprint density at radius 1 is 1.25 bits per heavy atom. The minimum atomic E-state index is -1.36. The van der Waals surface area contributed by atoms with Crippen molar-refractivity contribution in [3.8, 4) is 0 Å². The molecule has 0 bridgehead atoms. The van der Waals surface area contributed by atoms with Crippen LogP contribution in [0.2, 0.25) is 0 Å². The van der Waals surface area contributed by atoms with E-state index in [0.717, 1.165) is 5.56 Å². The highest BCUT2D eigenvalue weighted by Crippen LogP contribution is 2.07. The van der Waals surface area contributed by atoms with Gasteiger partial charge in [-0.05, 0) is 23.6 Å². The molecule has 0 heterocycles. The minimum absolute atomic E-state index is 0.145. The molecule has 0 fully saturated rings. The summed E-state index contributed by atoms with van der Waals surface area (Å²) in [5.41, 5.74) is 0.904. The number of hydrogen-bond acceptors (Lipinski definition) is 4. The Hall–Kier alpha value is -1.69. The molecule has 0 aliphatic rings. The largest absolute Gasteiger partial charge is 0.478 e. The van der Waals surface area contributed by atoms with E-state index < -0.39 is 22.7 Å². The first-order chi connectivity index (χ1) is 9.38. The van der Waals surface area contributed by atoms with Crippen LogP contribution in [0.1, 0.15) is 29.8 Å². The molecule has 1 aromatic rings. The van der Waals surface area contributed by atoms with E-state index in [1.165, 1.54) is 12.1 Å². The lowest BCUT2D eigenvalue weighted by atomic mass is 10.1. The van der Waals surface area contributed by atoms with E-state index in [2.05, 4.69) is 0 Å². The first-order valence-corrected chi connectivity index (χ1v) is 7.70. The van der Waals surface area contributed by atoms with Gasteiger partial charge in [0.25, 0.3) is 0 Å². The van der Waals surface area contributed by atoms with Gasteiger partial charge >= 0.3 is 11.9 Å². The van der Waals surface area contributed by atoms with Gasteiger partial charge in [0.1, 0.15) is 5.75 Å². The fraction of sp³-hybridized carbons (Fsp3) is 0.429. The number of aromatic carboxylic acids is 1. The lowest BCUT2D eigenvalue weighted by Gasteiger charge is -2.07. The number of rotatable bonds is 7. The normalized spacial score (nSPS) is 12.2. The molecule has 0 aliphatic heterocycles. The Labute approximate surface area is 120 Å². The summed E-state index contributed by atoms with van der Waals surface area (Å²) in [4.78, 5) is 22.1. The zero-order valence-electron chi connectivity index (χ0n) is 11.5. The topological polar surface area (TPSA) is 80.7 Å². The molecule has 1 unspecified atom stereocenters. The first-order valence-electron chi connectivity index (χ1n) is 6.21. The van der Waals surface area contributed by atoms with Crippen molar-refractivity contribution in [1.82, 2.24) is 0 Å². The molecule has 1 aromatic carbocycles. The summed E-state index contributed by atoms with van der Waals surface area (Å²) in [6.45, 7) is 4.17. The van der Waals surface area contributed by atoms with Gasteiger partial charge in [-0.15, -0.1) is 0 Å². The Morgan fingerprint density at radius 3 is 2.35 bits per heavy atom. The average Bonchev–Trinajstić information content (AvgIpc) is 2.36. The summed E-state index contributed by atoms with van der Waals surface area (Å²) < 4.78 is 16.7. The summed E-state index contributed by atoms with van der Waals surface area (Å²) in [5, 5.41) is 8.76. The first kappa shape index (κ1) is 16.4. The Morgan fingerprint density at radius 2 is 1.85 bits per heavy atom. The second-order valence-corrected chi connectivity index (χ2v) is 6.26. The van der Waals surface area contributed by atoms with E-state index in [4.69, 9.17) is 9.84 Å². The molecule has 0 saturated carbocycles. The average molecular weight is 298 g/mol. The molecular weight excluding hydrogens is 280 g/mol. The van der Waals surface area contributed by atoms with Crippen LogP contribution in [0.15, 0.2) is 24.3 Å². The molecule has 0 aromatic heterocycles. The second kappa shape index (κ2) is 7.79. The van der Waals surface area contributed by atoms with Crippen LogP contribution in [0.4, 0.5) is 0 Å². The molecule has 1 rings (SSSR count). The highest BCUT2D eigenvalue weighted by Gasteiger charge is 2.11. The molecule has 0 amide bonds. The highest BCUT2D eigenvalue weighted by atomic mass is 32.2. The third-order valence-corrected chi connectivity index (χ3v) is 3.60. The maximum absolute atomic E-state index is 11.8. The fourth-order valence-electron chi connectivity index (χ4n) is 1.41. The van der Waals surface area contributed by atoms with Crippen LogP contribution in [-0.4, -0.2) is 33.6 Å². The third-order valence-electron chi connectivity index (χ3n) is 2.39. The minimum Gasteiger partial charge on any atom is -0.478 e. The van der Waals surface area contributed by atoms with Crippen molar-refractivity contribution in [2.75, 3.05) is 12.4 Å². The quantitative estimate of drug-likeness (QED) is 0.777. The fourth-order valence-corrected chi connectivity index (χ4v) is 2.43. The van der Waals surface area contributed by atoms with Gasteiger partial charge in [-0.25, -0.2) is 4.79 Å². The molecular formula is C14H18O5S. The maximum Gasteiger partial charge on any atom is 0.335 e. The zero-order valence-corrected chi connectivity index (χ0v) is 12.3. The molecule has 6 heteroatoms. The van der Waals surface area contributed by atoms with Crippen molar-refractivity contribution in [2.24, 2.45) is 5.92 Å². The summed E-state index contributed by atoms with van der Waals surface area (Å²) in [5.74, 6) is -1.17. The summed E-state index contributed by atoms with van der Waals surface area (Å²) in [7, 11) is -1.36. The summed E-state index contributed by atoms with van der Waals surface area (Å²) in [6, 6.07) is 6.10. The monoisotopic (exact) mass is 298 g/mol. The van der Waals surface area contributed by atoms with Crippen LogP contribution < -0.4 is 0 Å². The number of ether oxygens (including phenoxy) is 1. The van der Waals surface area contributed by atoms with Gasteiger partial charge in [-0.2, -0.15) is 0 Å². The van der Waals surface area contributed by atoms with E-state index in [9.17, 15) is 13.8 Å². The van der Waals surface area contributed by atoms with Gasteiger partial charge in [-0.1, -0.05) is 26.0 Å². The molecule has 0 aliphatic carbocycles. The van der Waals surface area contributed by atoms with Gasteiger partial charge < -0.3 is 9.84 Å². The smallest absolute Gasteiger partial charge is 0.335 e. The van der Waals surface area contributed by atoms with Crippen molar-refractivity contribution < 1.29 is 23.6 Å². The molecule has 1 N–H and O–H groups in total. The van der Waals surface area contributed by atoms with Crippen molar-refractivity contribution in [3.05, 3.63) is 35.4 Å². The molecule has 110 valence electrons. The van der Waals surface area contributed by atoms with Crippen molar-refractivity contribution in [2.45, 2.75) is 19.6 Å². The van der Waals surface area contributed by atoms with Crippen LogP contribution >= 0.6 is 0 Å². The molecule has 20 heavy (non-hydrogen) atoms. The lowest BCUT2D eigenvalue weighted by Crippen LogP contribution is -2.17. The van der Waals surface area contributed by atoms with E-state index in [-0.39, 0.29) is 23.0 Å². The zero-order chi connectivity index (χ0) is 15.1. The van der Waals surface area contributed by atoms with Gasteiger partial charge in [0.2, 0.25) is 0 Å². The number of carboxylic acid groups (broad SMARTS) is 1. The van der Waals surface area contributed by atoms with E-state index in [1.807, 2.05) is 13.8 Å². The van der Waals surface area contributed by atoms with Gasteiger partial charge in [-0.3, -0.25) is 9.00 Å². The standard InChI is InChI=1S/C14H18O5S/c1-10(2)7-19-13(15)9-20(18)8-11-3-5-12(6-4-11)14(16)17/h3-6,10H,7-9H2,1-2H3,(H,16,17). The predicted octanol–water partition coefficient (Wildman–Crippen LogP) is 1.83. The van der Waals surface area contributed by atoms with Crippen LogP contribution in [0.5, 0.6) is 0 Å². The maximum atomic E-state index is 11.8. The van der Waals surface area contributed by atoms with E-state index >= 15 is 0 Å². The number of esters is 1. The second-order valence-electron chi connectivity index (χ2n) is 4.81. The summed E-state index contributed by atoms with van der Waals surface area (Å²) in [6.07, 6.45) is 0. The van der Waals surface area contributed by atoms with E-state index in [0.29, 0.717) is 6.61 Å². The van der Waals surface area contributed by atoms with Crippen LogP contribution in [0, 0.1) is 5.92 Å². The number of carbonyl (C=O) groups excluding carboxylic acids is 1. The highest BCUT2D eigenvalue weighted by molar-refractivity contribution is 7.84. The predicted molar refractivity (Wildman–Crippen MR) is 75.9 cm³/mol. The lowest BCUT2D eigenvalue weighted by molar-refractivity contribution is -0.141. The molecule has 0 radical (unpaired) electrons. The Kier molecular flexibility index (Phi) is 6.38. The van der Waals surface area contributed by atoms with Crippen LogP contribution in [-0.2, 0) is 26.1 Å². The number of hydrogen-bond donors (Lipinski definition) is 1. The van der Waals surface area contributed by atoms with Crippen molar-refractivity contribution in [1.29, 1.82) is 0 Å². The molecule has 5 nitrogen and oxygen atoms in total.